The molecule has 1 aromatic heterocycles. The zero-order valence-corrected chi connectivity index (χ0v) is 12.6. The predicted octanol–water partition coefficient (Wildman–Crippen LogP) is 3.84. The Bertz CT molecular complexity index is 633. The van der Waals surface area contributed by atoms with Crippen LogP contribution in [0.25, 0.3) is 0 Å². The van der Waals surface area contributed by atoms with E-state index >= 15 is 0 Å². The third-order valence-electron chi connectivity index (χ3n) is 3.23. The molecule has 0 fully saturated rings. The average Bonchev–Trinajstić information content (AvgIpc) is 2.38. The molecule has 0 aliphatic rings. The van der Waals surface area contributed by atoms with Crippen LogP contribution in [0.15, 0.2) is 30.5 Å². The number of nitrogens with one attached hydrogen (secondary N) is 1. The summed E-state index contributed by atoms with van der Waals surface area (Å²) >= 11 is 6.01. The summed E-state index contributed by atoms with van der Waals surface area (Å²) in [5.74, 6) is -0.0864. The number of aryl methyl sites for hydroxylation is 3. The second-order valence-corrected chi connectivity index (χ2v) is 5.31. The number of pyridine rings is 1. The number of anilines is 1. The van der Waals surface area contributed by atoms with Crippen LogP contribution < -0.4 is 5.32 Å². The molecule has 0 aliphatic heterocycles. The van der Waals surface area contributed by atoms with Crippen molar-refractivity contribution in [1.82, 2.24) is 4.98 Å². The molecule has 4 heteroatoms. The zero-order valence-electron chi connectivity index (χ0n) is 11.8. The summed E-state index contributed by atoms with van der Waals surface area (Å²) in [6.07, 6.45) is 1.95. The number of hydrogen-bond donors (Lipinski definition) is 1. The zero-order chi connectivity index (χ0) is 14.7. The first-order valence-corrected chi connectivity index (χ1v) is 6.82. The molecule has 3 nitrogen and oxygen atoms in total. The lowest BCUT2D eigenvalue weighted by Gasteiger charge is -2.11. The van der Waals surface area contributed by atoms with Crippen LogP contribution in [0.1, 0.15) is 22.3 Å². The highest BCUT2D eigenvalue weighted by Crippen LogP contribution is 2.23. The van der Waals surface area contributed by atoms with Gasteiger partial charge in [-0.2, -0.15) is 0 Å². The maximum Gasteiger partial charge on any atom is 0.228 e. The second kappa shape index (κ2) is 6.06. The van der Waals surface area contributed by atoms with Gasteiger partial charge in [-0.05, 0) is 43.5 Å². The molecular formula is C16H17ClN2O. The number of benzene rings is 1. The van der Waals surface area contributed by atoms with Gasteiger partial charge in [0.25, 0.3) is 0 Å². The number of hydrogen-bond acceptors (Lipinski definition) is 2. The van der Waals surface area contributed by atoms with Crippen LogP contribution in [0, 0.1) is 20.8 Å². The van der Waals surface area contributed by atoms with E-state index in [1.54, 1.807) is 6.20 Å². The van der Waals surface area contributed by atoms with E-state index in [2.05, 4.69) is 10.3 Å². The Morgan fingerprint density at radius 2 is 1.95 bits per heavy atom. The van der Waals surface area contributed by atoms with Gasteiger partial charge >= 0.3 is 0 Å². The van der Waals surface area contributed by atoms with Crippen LogP contribution in [-0.4, -0.2) is 10.9 Å². The van der Waals surface area contributed by atoms with E-state index in [0.717, 1.165) is 22.3 Å². The van der Waals surface area contributed by atoms with Crippen molar-refractivity contribution < 1.29 is 4.79 Å². The minimum atomic E-state index is -0.0864. The number of carbonyl (C=O) groups excluding carboxylic acids is 1. The van der Waals surface area contributed by atoms with Gasteiger partial charge in [-0.1, -0.05) is 35.4 Å². The first-order chi connectivity index (χ1) is 9.47. The fraction of sp³-hybridized carbons (Fsp3) is 0.250. The molecule has 0 spiro atoms. The van der Waals surface area contributed by atoms with Gasteiger partial charge in [0.1, 0.15) is 0 Å². The number of nitrogens with zero attached hydrogens (tertiary/aromatic N) is 1. The predicted molar refractivity (Wildman–Crippen MR) is 82.2 cm³/mol. The highest BCUT2D eigenvalue weighted by atomic mass is 35.5. The molecule has 0 bridgehead atoms. The molecule has 1 heterocycles. The Kier molecular flexibility index (Phi) is 4.40. The minimum absolute atomic E-state index is 0.0864. The van der Waals surface area contributed by atoms with Crippen LogP contribution in [0.4, 0.5) is 5.69 Å². The van der Waals surface area contributed by atoms with Gasteiger partial charge < -0.3 is 5.32 Å². The Labute approximate surface area is 124 Å². The van der Waals surface area contributed by atoms with Crippen molar-refractivity contribution >= 4 is 23.2 Å². The standard InChI is InChI=1S/C16H17ClN2O/c1-10-4-5-11(2)13(8-10)9-14(20)19-15-12(3)6-7-18-16(15)17/h4-8H,9H2,1-3H3,(H,19,20). The smallest absolute Gasteiger partial charge is 0.228 e. The van der Waals surface area contributed by atoms with Crippen LogP contribution in [0.3, 0.4) is 0 Å². The summed E-state index contributed by atoms with van der Waals surface area (Å²) in [4.78, 5) is 16.1. The highest BCUT2D eigenvalue weighted by Gasteiger charge is 2.11. The Hall–Kier alpha value is -1.87. The van der Waals surface area contributed by atoms with E-state index < -0.39 is 0 Å². The molecule has 0 aliphatic carbocycles. The molecule has 0 radical (unpaired) electrons. The van der Waals surface area contributed by atoms with Crippen molar-refractivity contribution in [1.29, 1.82) is 0 Å². The first-order valence-electron chi connectivity index (χ1n) is 6.44. The van der Waals surface area contributed by atoms with E-state index in [1.807, 2.05) is 45.0 Å². The van der Waals surface area contributed by atoms with Crippen molar-refractivity contribution in [2.24, 2.45) is 0 Å². The third kappa shape index (κ3) is 3.36. The number of amides is 1. The molecule has 0 unspecified atom stereocenters. The van der Waals surface area contributed by atoms with Gasteiger partial charge in [-0.3, -0.25) is 4.79 Å². The van der Waals surface area contributed by atoms with Crippen LogP contribution in [0.5, 0.6) is 0 Å². The fourth-order valence-corrected chi connectivity index (χ4v) is 2.28. The molecule has 2 aromatic rings. The maximum atomic E-state index is 12.2. The van der Waals surface area contributed by atoms with Gasteiger partial charge in [0, 0.05) is 6.20 Å². The van der Waals surface area contributed by atoms with E-state index in [1.165, 1.54) is 0 Å². The van der Waals surface area contributed by atoms with Crippen LogP contribution >= 0.6 is 11.6 Å². The molecule has 1 N–H and O–H groups in total. The second-order valence-electron chi connectivity index (χ2n) is 4.95. The normalized spacial score (nSPS) is 10.4. The number of rotatable bonds is 3. The number of carbonyl (C=O) groups is 1. The lowest BCUT2D eigenvalue weighted by molar-refractivity contribution is -0.115. The van der Waals surface area contributed by atoms with Gasteiger partial charge in [0.2, 0.25) is 5.91 Å². The van der Waals surface area contributed by atoms with E-state index in [9.17, 15) is 4.79 Å². The molecular weight excluding hydrogens is 272 g/mol. The van der Waals surface area contributed by atoms with Gasteiger partial charge in [-0.15, -0.1) is 0 Å². The summed E-state index contributed by atoms with van der Waals surface area (Å²) in [5.41, 5.74) is 4.78. The SMILES string of the molecule is Cc1ccc(C)c(CC(=O)Nc2c(C)ccnc2Cl)c1. The van der Waals surface area contributed by atoms with E-state index in [-0.39, 0.29) is 5.91 Å². The summed E-state index contributed by atoms with van der Waals surface area (Å²) in [6.45, 7) is 5.91. The molecule has 104 valence electrons. The molecule has 0 saturated carbocycles. The average molecular weight is 289 g/mol. The largest absolute Gasteiger partial charge is 0.323 e. The van der Waals surface area contributed by atoms with Crippen molar-refractivity contribution in [3.05, 3.63) is 57.9 Å². The van der Waals surface area contributed by atoms with E-state index in [4.69, 9.17) is 11.6 Å². The third-order valence-corrected chi connectivity index (χ3v) is 3.52. The van der Waals surface area contributed by atoms with Gasteiger partial charge in [0.05, 0.1) is 12.1 Å². The van der Waals surface area contributed by atoms with Crippen molar-refractivity contribution in [3.8, 4) is 0 Å². The molecule has 2 rings (SSSR count). The molecule has 0 saturated heterocycles. The number of halogens is 1. The van der Waals surface area contributed by atoms with E-state index in [0.29, 0.717) is 17.3 Å². The topological polar surface area (TPSA) is 42.0 Å². The van der Waals surface area contributed by atoms with Crippen molar-refractivity contribution in [2.45, 2.75) is 27.2 Å². The summed E-state index contributed by atoms with van der Waals surface area (Å²) in [6, 6.07) is 7.92. The first kappa shape index (κ1) is 14.5. The summed E-state index contributed by atoms with van der Waals surface area (Å²) in [7, 11) is 0. The van der Waals surface area contributed by atoms with Gasteiger partial charge in [0.15, 0.2) is 5.15 Å². The maximum absolute atomic E-state index is 12.2. The van der Waals surface area contributed by atoms with Gasteiger partial charge in [-0.25, -0.2) is 4.98 Å². The molecule has 20 heavy (non-hydrogen) atoms. The number of aromatic nitrogens is 1. The van der Waals surface area contributed by atoms with Crippen molar-refractivity contribution in [2.75, 3.05) is 5.32 Å². The Balaban J connectivity index is 2.15. The Morgan fingerprint density at radius 3 is 2.65 bits per heavy atom. The Morgan fingerprint density at radius 1 is 1.20 bits per heavy atom. The monoisotopic (exact) mass is 288 g/mol. The summed E-state index contributed by atoms with van der Waals surface area (Å²) < 4.78 is 0. The molecule has 0 atom stereocenters. The van der Waals surface area contributed by atoms with Crippen LogP contribution in [0.2, 0.25) is 5.15 Å². The lowest BCUT2D eigenvalue weighted by Crippen LogP contribution is -2.16. The van der Waals surface area contributed by atoms with Crippen molar-refractivity contribution in [3.63, 3.8) is 0 Å². The molecule has 1 amide bonds. The quantitative estimate of drug-likeness (QED) is 0.872. The van der Waals surface area contributed by atoms with Crippen LogP contribution in [-0.2, 0) is 11.2 Å². The fourth-order valence-electron chi connectivity index (χ4n) is 2.02. The summed E-state index contributed by atoms with van der Waals surface area (Å²) in [5, 5.41) is 3.16. The minimum Gasteiger partial charge on any atom is -0.323 e. The highest BCUT2D eigenvalue weighted by molar-refractivity contribution is 6.32. The lowest BCUT2D eigenvalue weighted by atomic mass is 10.0. The molecule has 1 aromatic carbocycles.